The van der Waals surface area contributed by atoms with Crippen LogP contribution in [0, 0.1) is 0 Å². The van der Waals surface area contributed by atoms with Crippen molar-refractivity contribution in [3.05, 3.63) is 46.2 Å². The Kier molecular flexibility index (Phi) is 4.97. The third kappa shape index (κ3) is 4.00. The molecule has 0 aliphatic carbocycles. The summed E-state index contributed by atoms with van der Waals surface area (Å²) in [5.41, 5.74) is 0.895. The van der Waals surface area contributed by atoms with Crippen LogP contribution in [0.3, 0.4) is 0 Å². The lowest BCUT2D eigenvalue weighted by atomic mass is 10.2. The van der Waals surface area contributed by atoms with Gasteiger partial charge in [-0.2, -0.15) is 4.98 Å². The second kappa shape index (κ2) is 7.13. The maximum Gasteiger partial charge on any atom is 0.234 e. The van der Waals surface area contributed by atoms with Gasteiger partial charge >= 0.3 is 0 Å². The van der Waals surface area contributed by atoms with Gasteiger partial charge in [0, 0.05) is 36.2 Å². The first kappa shape index (κ1) is 15.3. The molecule has 3 rings (SSSR count). The van der Waals surface area contributed by atoms with Crippen LogP contribution in [0.2, 0.25) is 10.0 Å². The van der Waals surface area contributed by atoms with Crippen molar-refractivity contribution in [2.75, 3.05) is 31.1 Å². The van der Waals surface area contributed by atoms with Crippen molar-refractivity contribution in [2.24, 2.45) is 0 Å². The predicted octanol–water partition coefficient (Wildman–Crippen LogP) is 2.77. The summed E-state index contributed by atoms with van der Waals surface area (Å²) in [6.07, 6.45) is 3.37. The number of nitrogens with one attached hydrogen (secondary N) is 1. The fourth-order valence-corrected chi connectivity index (χ4v) is 2.88. The van der Waals surface area contributed by atoms with Crippen molar-refractivity contribution < 1.29 is 4.74 Å². The van der Waals surface area contributed by atoms with Crippen LogP contribution in [0.15, 0.2) is 30.6 Å². The van der Waals surface area contributed by atoms with Crippen LogP contribution in [-0.2, 0) is 6.61 Å². The lowest BCUT2D eigenvalue weighted by Gasteiger charge is -2.28. The Morgan fingerprint density at radius 2 is 1.82 bits per heavy atom. The normalized spacial score (nSPS) is 14.9. The number of nitrogens with zero attached hydrogens (tertiary/aromatic N) is 3. The van der Waals surface area contributed by atoms with Crippen molar-refractivity contribution in [2.45, 2.75) is 6.61 Å². The van der Waals surface area contributed by atoms with E-state index in [0.29, 0.717) is 22.5 Å². The molecule has 0 saturated carbocycles. The number of aromatic nitrogens is 2. The maximum absolute atomic E-state index is 5.98. The van der Waals surface area contributed by atoms with E-state index in [1.54, 1.807) is 18.5 Å². The number of rotatable bonds is 4. The first-order valence-corrected chi connectivity index (χ1v) is 7.82. The van der Waals surface area contributed by atoms with E-state index in [4.69, 9.17) is 27.9 Å². The van der Waals surface area contributed by atoms with Crippen LogP contribution in [0.5, 0.6) is 5.88 Å². The molecule has 0 radical (unpaired) electrons. The molecular formula is C15H16Cl2N4O. The quantitative estimate of drug-likeness (QED) is 0.928. The van der Waals surface area contributed by atoms with Gasteiger partial charge < -0.3 is 15.0 Å². The van der Waals surface area contributed by atoms with Gasteiger partial charge in [0.15, 0.2) is 5.82 Å². The van der Waals surface area contributed by atoms with Crippen LogP contribution in [0.25, 0.3) is 0 Å². The lowest BCUT2D eigenvalue weighted by Crippen LogP contribution is -2.43. The second-order valence-electron chi connectivity index (χ2n) is 5.02. The number of benzene rings is 1. The largest absolute Gasteiger partial charge is 0.472 e. The van der Waals surface area contributed by atoms with E-state index >= 15 is 0 Å². The summed E-state index contributed by atoms with van der Waals surface area (Å²) < 4.78 is 5.70. The van der Waals surface area contributed by atoms with Gasteiger partial charge in [0.05, 0.1) is 12.4 Å². The molecule has 2 aromatic rings. The molecule has 1 aromatic heterocycles. The monoisotopic (exact) mass is 338 g/mol. The Balaban J connectivity index is 1.67. The van der Waals surface area contributed by atoms with Gasteiger partial charge in [0.2, 0.25) is 5.88 Å². The van der Waals surface area contributed by atoms with Gasteiger partial charge in [-0.3, -0.25) is 4.98 Å². The summed E-state index contributed by atoms with van der Waals surface area (Å²) in [5.74, 6) is 1.33. The highest BCUT2D eigenvalue weighted by Crippen LogP contribution is 2.21. The van der Waals surface area contributed by atoms with Gasteiger partial charge in [-0.05, 0) is 23.8 Å². The molecule has 7 heteroatoms. The van der Waals surface area contributed by atoms with E-state index in [0.717, 1.165) is 37.6 Å². The van der Waals surface area contributed by atoms with Gasteiger partial charge in [-0.1, -0.05) is 23.2 Å². The van der Waals surface area contributed by atoms with Crippen LogP contribution in [-0.4, -0.2) is 36.1 Å². The van der Waals surface area contributed by atoms with Crippen LogP contribution >= 0.6 is 23.2 Å². The van der Waals surface area contributed by atoms with Crippen molar-refractivity contribution >= 4 is 29.0 Å². The highest BCUT2D eigenvalue weighted by atomic mass is 35.5. The Labute approximate surface area is 139 Å². The molecule has 1 aromatic carbocycles. The zero-order valence-corrected chi connectivity index (χ0v) is 13.4. The molecule has 1 saturated heterocycles. The van der Waals surface area contributed by atoms with E-state index in [9.17, 15) is 0 Å². The minimum absolute atomic E-state index is 0.347. The molecule has 0 atom stereocenters. The average Bonchev–Trinajstić information content (AvgIpc) is 2.53. The molecule has 116 valence electrons. The summed E-state index contributed by atoms with van der Waals surface area (Å²) in [4.78, 5) is 10.9. The number of hydrogen-bond acceptors (Lipinski definition) is 5. The number of piperazine rings is 1. The van der Waals surface area contributed by atoms with Crippen LogP contribution in [0.1, 0.15) is 5.56 Å². The summed E-state index contributed by atoms with van der Waals surface area (Å²) in [5, 5.41) is 4.49. The SMILES string of the molecule is Clc1cc(Cl)cc(COc2cncc(N3CCNCC3)n2)c1. The van der Waals surface area contributed by atoms with Gasteiger partial charge in [-0.25, -0.2) is 0 Å². The molecule has 22 heavy (non-hydrogen) atoms. The number of hydrogen-bond donors (Lipinski definition) is 1. The van der Waals surface area contributed by atoms with E-state index in [1.807, 2.05) is 12.1 Å². The first-order chi connectivity index (χ1) is 10.7. The van der Waals surface area contributed by atoms with Crippen LogP contribution < -0.4 is 15.0 Å². The standard InChI is InChI=1S/C15H16Cl2N4O/c16-12-5-11(6-13(17)7-12)10-22-15-9-19-8-14(20-15)21-3-1-18-2-4-21/h5-9,18H,1-4,10H2. The molecule has 0 unspecified atom stereocenters. The molecule has 2 heterocycles. The van der Waals surface area contributed by atoms with Crippen molar-refractivity contribution in [3.63, 3.8) is 0 Å². The van der Waals surface area contributed by atoms with Crippen molar-refractivity contribution in [3.8, 4) is 5.88 Å². The Morgan fingerprint density at radius 1 is 1.09 bits per heavy atom. The lowest BCUT2D eigenvalue weighted by molar-refractivity contribution is 0.292. The fourth-order valence-electron chi connectivity index (χ4n) is 2.31. The molecule has 1 aliphatic rings. The molecule has 0 spiro atoms. The van der Waals surface area contributed by atoms with E-state index in [-0.39, 0.29) is 0 Å². The molecule has 0 amide bonds. The third-order valence-corrected chi connectivity index (χ3v) is 3.79. The fraction of sp³-hybridized carbons (Fsp3) is 0.333. The van der Waals surface area contributed by atoms with E-state index in [1.165, 1.54) is 0 Å². The Morgan fingerprint density at radius 3 is 2.55 bits per heavy atom. The van der Waals surface area contributed by atoms with Gasteiger partial charge in [-0.15, -0.1) is 0 Å². The number of halogens is 2. The number of anilines is 1. The Bertz CT molecular complexity index is 627. The zero-order valence-electron chi connectivity index (χ0n) is 11.9. The minimum Gasteiger partial charge on any atom is -0.472 e. The average molecular weight is 339 g/mol. The summed E-state index contributed by atoms with van der Waals surface area (Å²) in [6, 6.07) is 5.33. The first-order valence-electron chi connectivity index (χ1n) is 7.06. The predicted molar refractivity (Wildman–Crippen MR) is 87.9 cm³/mol. The molecule has 1 aliphatic heterocycles. The second-order valence-corrected chi connectivity index (χ2v) is 5.89. The maximum atomic E-state index is 5.98. The van der Waals surface area contributed by atoms with E-state index in [2.05, 4.69) is 20.2 Å². The molecule has 1 fully saturated rings. The molecule has 5 nitrogen and oxygen atoms in total. The highest BCUT2D eigenvalue weighted by Gasteiger charge is 2.12. The summed E-state index contributed by atoms with van der Waals surface area (Å²) >= 11 is 12.0. The smallest absolute Gasteiger partial charge is 0.234 e. The number of ether oxygens (including phenoxy) is 1. The molecule has 0 bridgehead atoms. The van der Waals surface area contributed by atoms with E-state index < -0.39 is 0 Å². The van der Waals surface area contributed by atoms with Gasteiger partial charge in [0.1, 0.15) is 6.61 Å². The minimum atomic E-state index is 0.347. The third-order valence-electron chi connectivity index (χ3n) is 3.35. The van der Waals surface area contributed by atoms with Gasteiger partial charge in [0.25, 0.3) is 0 Å². The highest BCUT2D eigenvalue weighted by molar-refractivity contribution is 6.34. The molecule has 1 N–H and O–H groups in total. The zero-order chi connectivity index (χ0) is 15.4. The topological polar surface area (TPSA) is 50.3 Å². The summed E-state index contributed by atoms with van der Waals surface area (Å²) in [7, 11) is 0. The molecular weight excluding hydrogens is 323 g/mol. The van der Waals surface area contributed by atoms with Crippen molar-refractivity contribution in [1.82, 2.24) is 15.3 Å². The Hall–Kier alpha value is -1.56. The van der Waals surface area contributed by atoms with Crippen LogP contribution in [0.4, 0.5) is 5.82 Å². The van der Waals surface area contributed by atoms with Crippen molar-refractivity contribution in [1.29, 1.82) is 0 Å². The summed E-state index contributed by atoms with van der Waals surface area (Å²) in [6.45, 7) is 4.09.